The van der Waals surface area contributed by atoms with E-state index in [1.54, 1.807) is 0 Å². The Hall–Kier alpha value is -0.950. The number of hydrazine groups is 1. The smallest absolute Gasteiger partial charge is 0.308 e. The molecule has 106 valence electrons. The quantitative estimate of drug-likeness (QED) is 0.505. The van der Waals surface area contributed by atoms with E-state index in [0.717, 1.165) is 30.7 Å². The summed E-state index contributed by atoms with van der Waals surface area (Å²) in [6.07, 6.45) is 0.382. The third-order valence-corrected chi connectivity index (χ3v) is 4.36. The lowest BCUT2D eigenvalue weighted by molar-refractivity contribution is -0.137. The van der Waals surface area contributed by atoms with Crippen LogP contribution >= 0.6 is 11.8 Å². The van der Waals surface area contributed by atoms with Crippen LogP contribution in [-0.4, -0.2) is 10.7 Å². The van der Waals surface area contributed by atoms with Crippen LogP contribution in [0.1, 0.15) is 31.2 Å². The number of anilines is 1. The zero-order chi connectivity index (χ0) is 13.9. The second-order valence-corrected chi connectivity index (χ2v) is 5.72. The Morgan fingerprint density at radius 2 is 2.00 bits per heavy atom. The van der Waals surface area contributed by atoms with Gasteiger partial charge in [0, 0.05) is 5.75 Å². The van der Waals surface area contributed by atoms with Crippen molar-refractivity contribution in [3.63, 3.8) is 0 Å². The van der Waals surface area contributed by atoms with Gasteiger partial charge < -0.3 is 5.43 Å². The zero-order valence-corrected chi connectivity index (χ0v) is 11.2. The Balaban J connectivity index is 2.10. The molecule has 0 spiro atoms. The summed E-state index contributed by atoms with van der Waals surface area (Å²) in [5.41, 5.74) is 1.47. The summed E-state index contributed by atoms with van der Waals surface area (Å²) >= 11 is 1.37. The monoisotopic (exact) mass is 291 g/mol. The average Bonchev–Trinajstić information content (AvgIpc) is 2.88. The number of nitrogen functional groups attached to an aromatic ring is 1. The summed E-state index contributed by atoms with van der Waals surface area (Å²) in [4.78, 5) is 4.05. The van der Waals surface area contributed by atoms with Crippen LogP contribution in [0.2, 0.25) is 0 Å². The fraction of sp³-hybridized carbons (Fsp3) is 0.583. The molecular weight excluding hydrogens is 275 g/mol. The van der Waals surface area contributed by atoms with Crippen molar-refractivity contribution in [1.82, 2.24) is 4.98 Å². The van der Waals surface area contributed by atoms with Crippen molar-refractivity contribution in [2.45, 2.75) is 36.9 Å². The van der Waals surface area contributed by atoms with Gasteiger partial charge in [0.1, 0.15) is 5.82 Å². The highest BCUT2D eigenvalue weighted by atomic mass is 32.2. The van der Waals surface area contributed by atoms with E-state index >= 15 is 0 Å². The zero-order valence-electron chi connectivity index (χ0n) is 10.3. The van der Waals surface area contributed by atoms with Crippen molar-refractivity contribution >= 4 is 17.6 Å². The molecule has 0 bridgehead atoms. The largest absolute Gasteiger partial charge is 0.416 e. The summed E-state index contributed by atoms with van der Waals surface area (Å²) in [6.45, 7) is 0. The van der Waals surface area contributed by atoms with Crippen LogP contribution in [0.15, 0.2) is 17.2 Å². The molecule has 2 rings (SSSR count). The van der Waals surface area contributed by atoms with Gasteiger partial charge in [-0.1, -0.05) is 12.8 Å². The maximum atomic E-state index is 12.7. The van der Waals surface area contributed by atoms with Gasteiger partial charge in [-0.2, -0.15) is 13.2 Å². The topological polar surface area (TPSA) is 50.9 Å². The van der Waals surface area contributed by atoms with E-state index in [2.05, 4.69) is 10.4 Å². The number of nitrogens with zero attached hydrogens (tertiary/aromatic N) is 1. The first kappa shape index (κ1) is 14.5. The molecule has 7 heteroatoms. The Morgan fingerprint density at radius 3 is 2.58 bits per heavy atom. The number of pyridine rings is 1. The molecule has 0 aromatic carbocycles. The first-order valence-corrected chi connectivity index (χ1v) is 7.16. The van der Waals surface area contributed by atoms with E-state index in [0.29, 0.717) is 10.9 Å². The molecule has 3 nitrogen and oxygen atoms in total. The molecule has 0 amide bonds. The molecule has 19 heavy (non-hydrogen) atoms. The molecule has 1 aromatic heterocycles. The molecule has 0 radical (unpaired) electrons. The molecule has 1 aromatic rings. The Morgan fingerprint density at radius 1 is 1.32 bits per heavy atom. The second-order valence-electron chi connectivity index (χ2n) is 4.68. The van der Waals surface area contributed by atoms with Gasteiger partial charge >= 0.3 is 6.18 Å². The summed E-state index contributed by atoms with van der Waals surface area (Å²) < 4.78 is 38.2. The Kier molecular flexibility index (Phi) is 4.57. The molecule has 1 aliphatic carbocycles. The van der Waals surface area contributed by atoms with Gasteiger partial charge in [-0.15, -0.1) is 11.8 Å². The molecule has 1 fully saturated rings. The molecule has 1 heterocycles. The predicted octanol–water partition coefficient (Wildman–Crippen LogP) is 3.67. The van der Waals surface area contributed by atoms with Gasteiger partial charge in [-0.25, -0.2) is 10.8 Å². The van der Waals surface area contributed by atoms with Crippen LogP contribution in [0.25, 0.3) is 0 Å². The van der Waals surface area contributed by atoms with Crippen LogP contribution in [-0.2, 0) is 6.18 Å². The lowest BCUT2D eigenvalue weighted by Crippen LogP contribution is -2.12. The van der Waals surface area contributed by atoms with Crippen molar-refractivity contribution < 1.29 is 13.2 Å². The number of alkyl halides is 3. The number of hydrogen-bond donors (Lipinski definition) is 2. The standard InChI is InChI=1S/C12H16F3N3S/c13-12(14,15)9-5-10(18-16)17-11(6-9)19-7-8-3-1-2-4-8/h5-6,8H,1-4,7,16H2,(H,17,18). The van der Waals surface area contributed by atoms with E-state index in [-0.39, 0.29) is 5.82 Å². The number of nitrogens with two attached hydrogens (primary N) is 1. The third-order valence-electron chi connectivity index (χ3n) is 3.22. The van der Waals surface area contributed by atoms with Crippen LogP contribution in [0.5, 0.6) is 0 Å². The van der Waals surface area contributed by atoms with E-state index in [4.69, 9.17) is 5.84 Å². The van der Waals surface area contributed by atoms with E-state index in [9.17, 15) is 13.2 Å². The second kappa shape index (κ2) is 6.00. The minimum atomic E-state index is -4.38. The molecule has 1 aliphatic rings. The van der Waals surface area contributed by atoms with Gasteiger partial charge in [0.15, 0.2) is 0 Å². The van der Waals surface area contributed by atoms with E-state index in [1.165, 1.54) is 24.6 Å². The average molecular weight is 291 g/mol. The molecule has 0 unspecified atom stereocenters. The van der Waals surface area contributed by atoms with Crippen molar-refractivity contribution in [3.8, 4) is 0 Å². The molecule has 3 N–H and O–H groups in total. The lowest BCUT2D eigenvalue weighted by Gasteiger charge is -2.12. The molecular formula is C12H16F3N3S. The van der Waals surface area contributed by atoms with E-state index < -0.39 is 11.7 Å². The Labute approximate surface area is 114 Å². The highest BCUT2D eigenvalue weighted by molar-refractivity contribution is 7.99. The van der Waals surface area contributed by atoms with Crippen LogP contribution in [0.4, 0.5) is 19.0 Å². The predicted molar refractivity (Wildman–Crippen MR) is 69.7 cm³/mol. The van der Waals surface area contributed by atoms with Gasteiger partial charge in [-0.3, -0.25) is 0 Å². The number of halogens is 3. The molecule has 0 atom stereocenters. The maximum Gasteiger partial charge on any atom is 0.416 e. The number of thioether (sulfide) groups is 1. The number of hydrogen-bond acceptors (Lipinski definition) is 4. The van der Waals surface area contributed by atoms with Crippen molar-refractivity contribution in [2.75, 3.05) is 11.2 Å². The highest BCUT2D eigenvalue weighted by Crippen LogP contribution is 2.35. The first-order valence-electron chi connectivity index (χ1n) is 6.18. The van der Waals surface area contributed by atoms with Crippen molar-refractivity contribution in [1.29, 1.82) is 0 Å². The van der Waals surface area contributed by atoms with Crippen LogP contribution in [0, 0.1) is 5.92 Å². The fourth-order valence-electron chi connectivity index (χ4n) is 2.20. The molecule has 1 saturated carbocycles. The number of rotatable bonds is 4. The molecule has 0 saturated heterocycles. The van der Waals surface area contributed by atoms with Crippen LogP contribution in [0.3, 0.4) is 0 Å². The summed E-state index contributed by atoms with van der Waals surface area (Å²) in [6, 6.07) is 2.00. The van der Waals surface area contributed by atoms with Crippen molar-refractivity contribution in [2.24, 2.45) is 11.8 Å². The Bertz CT molecular complexity index is 431. The van der Waals surface area contributed by atoms with Gasteiger partial charge in [-0.05, 0) is 30.9 Å². The highest BCUT2D eigenvalue weighted by Gasteiger charge is 2.31. The third kappa shape index (κ3) is 4.01. The van der Waals surface area contributed by atoms with Gasteiger partial charge in [0.05, 0.1) is 10.6 Å². The lowest BCUT2D eigenvalue weighted by atomic mass is 10.1. The SMILES string of the molecule is NNc1cc(C(F)(F)F)cc(SCC2CCCC2)n1. The van der Waals surface area contributed by atoms with Gasteiger partial charge in [0.25, 0.3) is 0 Å². The van der Waals surface area contributed by atoms with Crippen LogP contribution < -0.4 is 11.3 Å². The number of nitrogens with one attached hydrogen (secondary N) is 1. The maximum absolute atomic E-state index is 12.7. The minimum absolute atomic E-state index is 0.0451. The van der Waals surface area contributed by atoms with Crippen molar-refractivity contribution in [3.05, 3.63) is 17.7 Å². The summed E-state index contributed by atoms with van der Waals surface area (Å²) in [5.74, 6) is 6.62. The molecule has 0 aliphatic heterocycles. The normalized spacial score (nSPS) is 16.8. The summed E-state index contributed by atoms with van der Waals surface area (Å²) in [5, 5.41) is 0.370. The van der Waals surface area contributed by atoms with Gasteiger partial charge in [0.2, 0.25) is 0 Å². The number of aromatic nitrogens is 1. The fourth-order valence-corrected chi connectivity index (χ4v) is 3.31. The van der Waals surface area contributed by atoms with E-state index in [1.807, 2.05) is 0 Å². The first-order chi connectivity index (χ1) is 8.99. The minimum Gasteiger partial charge on any atom is -0.308 e. The summed E-state index contributed by atoms with van der Waals surface area (Å²) in [7, 11) is 0.